The van der Waals surface area contributed by atoms with Crippen molar-refractivity contribution < 1.29 is 31.1 Å². The Hall–Kier alpha value is -2.47. The van der Waals surface area contributed by atoms with Gasteiger partial charge in [0.25, 0.3) is 0 Å². The molecule has 5 nitrogen and oxygen atoms in total. The number of amides is 1. The Morgan fingerprint density at radius 1 is 1.15 bits per heavy atom. The Labute approximate surface area is 237 Å². The molecule has 1 aliphatic carbocycles. The first-order chi connectivity index (χ1) is 19.0. The zero-order chi connectivity index (χ0) is 29.0. The number of thioether (sulfide) groups is 1. The minimum atomic E-state index is -4.53. The lowest BCUT2D eigenvalue weighted by Gasteiger charge is -2.38. The van der Waals surface area contributed by atoms with Gasteiger partial charge in [0.15, 0.2) is 22.6 Å². The summed E-state index contributed by atoms with van der Waals surface area (Å²) in [6, 6.07) is 4.34. The quantitative estimate of drug-likeness (QED) is 0.0901. The molecule has 13 heteroatoms. The molecule has 1 aromatic heterocycles. The third-order valence-electron chi connectivity index (χ3n) is 7.51. The van der Waals surface area contributed by atoms with Gasteiger partial charge in [-0.15, -0.1) is 11.6 Å². The van der Waals surface area contributed by atoms with E-state index in [4.69, 9.17) is 16.6 Å². The van der Waals surface area contributed by atoms with Gasteiger partial charge in [-0.25, -0.2) is 13.2 Å². The number of halogens is 7. The fourth-order valence-corrected chi connectivity index (χ4v) is 6.15. The number of aliphatic imine (C=N–C) groups is 1. The number of hydrogen-bond donors (Lipinski definition) is 1. The molecule has 0 spiro atoms. The molecular formula is C27H29ClF6N4OS. The number of carbonyl (C=O) groups excluding carboxylic acids is 1. The van der Waals surface area contributed by atoms with Crippen LogP contribution < -0.4 is 10.2 Å². The van der Waals surface area contributed by atoms with E-state index in [-0.39, 0.29) is 29.9 Å². The van der Waals surface area contributed by atoms with Gasteiger partial charge in [-0.3, -0.25) is 14.8 Å². The summed E-state index contributed by atoms with van der Waals surface area (Å²) in [5, 5.41) is 3.06. The number of hydrogen-bond acceptors (Lipinski definition) is 5. The predicted molar refractivity (Wildman–Crippen MR) is 144 cm³/mol. The monoisotopic (exact) mass is 606 g/mol. The zero-order valence-electron chi connectivity index (χ0n) is 21.7. The average Bonchev–Trinajstić information content (AvgIpc) is 3.14. The van der Waals surface area contributed by atoms with Crippen molar-refractivity contribution in [1.29, 1.82) is 0 Å². The van der Waals surface area contributed by atoms with Crippen LogP contribution in [0.5, 0.6) is 0 Å². The molecular weight excluding hydrogens is 578 g/mol. The summed E-state index contributed by atoms with van der Waals surface area (Å²) in [6.45, 7) is 1.01. The number of rotatable bonds is 8. The second kappa shape index (κ2) is 13.0. The second-order valence-electron chi connectivity index (χ2n) is 10.0. The van der Waals surface area contributed by atoms with Crippen molar-refractivity contribution in [2.45, 2.75) is 50.2 Å². The highest BCUT2D eigenvalue weighted by molar-refractivity contribution is 8.13. The molecule has 1 N–H and O–H groups in total. The van der Waals surface area contributed by atoms with E-state index in [0.29, 0.717) is 42.7 Å². The van der Waals surface area contributed by atoms with Crippen LogP contribution in [0.2, 0.25) is 0 Å². The topological polar surface area (TPSA) is 57.6 Å². The summed E-state index contributed by atoms with van der Waals surface area (Å²) in [7, 11) is 0. The van der Waals surface area contributed by atoms with Gasteiger partial charge in [0, 0.05) is 36.4 Å². The Morgan fingerprint density at radius 3 is 2.48 bits per heavy atom. The highest BCUT2D eigenvalue weighted by Crippen LogP contribution is 2.41. The van der Waals surface area contributed by atoms with Gasteiger partial charge < -0.3 is 10.2 Å². The number of piperidine rings is 1. The first kappa shape index (κ1) is 30.5. The van der Waals surface area contributed by atoms with E-state index in [2.05, 4.69) is 10.3 Å². The third kappa shape index (κ3) is 6.87. The van der Waals surface area contributed by atoms with Crippen LogP contribution in [0.15, 0.2) is 35.5 Å². The number of nitrogens with zero attached hydrogens (tertiary/aromatic N) is 3. The Morgan fingerprint density at radius 2 is 1.85 bits per heavy atom. The van der Waals surface area contributed by atoms with E-state index >= 15 is 0 Å². The number of benzene rings is 1. The van der Waals surface area contributed by atoms with Crippen LogP contribution in [0.25, 0.3) is 0 Å². The van der Waals surface area contributed by atoms with E-state index in [0.717, 1.165) is 37.2 Å². The van der Waals surface area contributed by atoms with Crippen LogP contribution in [0.3, 0.4) is 0 Å². The predicted octanol–water partition coefficient (Wildman–Crippen LogP) is 6.76. The molecule has 1 aromatic carbocycles. The first-order valence-electron chi connectivity index (χ1n) is 12.9. The number of anilines is 1. The average molecular weight is 607 g/mol. The highest BCUT2D eigenvalue weighted by atomic mass is 35.5. The SMILES string of the molecule is CSC(=NC1[C@@H]2CC[C@H]1CN(c1ccnc(C(F)(F)F)c1)C2)NC(=O)C(CCCCCl)c1ccc(F)c(F)c1F. The van der Waals surface area contributed by atoms with Gasteiger partial charge in [0.1, 0.15) is 5.69 Å². The van der Waals surface area contributed by atoms with Gasteiger partial charge >= 0.3 is 6.18 Å². The second-order valence-corrected chi connectivity index (χ2v) is 11.2. The zero-order valence-corrected chi connectivity index (χ0v) is 23.2. The number of aromatic nitrogens is 1. The number of alkyl halides is 4. The van der Waals surface area contributed by atoms with E-state index < -0.39 is 41.1 Å². The molecule has 2 aliphatic rings. The van der Waals surface area contributed by atoms with E-state index in [9.17, 15) is 31.1 Å². The molecule has 1 saturated carbocycles. The van der Waals surface area contributed by atoms with Crippen LogP contribution in [0.4, 0.5) is 32.0 Å². The maximum Gasteiger partial charge on any atom is 0.433 e. The van der Waals surface area contributed by atoms with Gasteiger partial charge in [0.05, 0.1) is 12.0 Å². The lowest BCUT2D eigenvalue weighted by Crippen LogP contribution is -2.45. The summed E-state index contributed by atoms with van der Waals surface area (Å²) < 4.78 is 81.6. The van der Waals surface area contributed by atoms with E-state index in [1.54, 1.807) is 12.3 Å². The fourth-order valence-electron chi connectivity index (χ4n) is 5.53. The number of amidine groups is 1. The summed E-state index contributed by atoms with van der Waals surface area (Å²) in [5.41, 5.74) is -0.730. The number of unbranched alkanes of at least 4 members (excludes halogenated alkanes) is 1. The Kier molecular flexibility index (Phi) is 9.92. The van der Waals surface area contributed by atoms with Crippen molar-refractivity contribution in [3.05, 3.63) is 59.2 Å². The lowest BCUT2D eigenvalue weighted by molar-refractivity contribution is -0.141. The van der Waals surface area contributed by atoms with Crippen molar-refractivity contribution in [3.8, 4) is 0 Å². The van der Waals surface area contributed by atoms with E-state index in [1.165, 1.54) is 11.8 Å². The van der Waals surface area contributed by atoms with Gasteiger partial charge in [-0.1, -0.05) is 24.2 Å². The molecule has 2 bridgehead atoms. The smallest absolute Gasteiger partial charge is 0.371 e. The largest absolute Gasteiger partial charge is 0.433 e. The maximum atomic E-state index is 14.6. The number of fused-ring (bicyclic) bond motifs is 2. The van der Waals surface area contributed by atoms with Crippen LogP contribution in [0.1, 0.15) is 49.3 Å². The van der Waals surface area contributed by atoms with Gasteiger partial charge in [0.2, 0.25) is 5.91 Å². The molecule has 4 atom stereocenters. The Balaban J connectivity index is 1.50. The van der Waals surface area contributed by atoms with Crippen LogP contribution >= 0.6 is 23.4 Å². The standard InChI is InChI=1S/C27H29ClF6N4OS/c1-40-26(37-25(39)19(4-2-3-10-28)18-7-8-20(29)23(31)22(18)30)36-24-15-5-6-16(24)14-38(13-15)17-9-11-35-21(12-17)27(32,33)34/h7-9,11-12,15-16,19,24H,2-6,10,13-14H2,1H3,(H,36,37,39)/t15-,16+,19?,24?. The molecule has 2 aromatic rings. The molecule has 1 saturated heterocycles. The molecule has 1 amide bonds. The summed E-state index contributed by atoms with van der Waals surface area (Å²) in [5.74, 6) is -5.58. The summed E-state index contributed by atoms with van der Waals surface area (Å²) in [4.78, 5) is 23.5. The van der Waals surface area contributed by atoms with Gasteiger partial charge in [-0.2, -0.15) is 13.2 Å². The number of carbonyl (C=O) groups is 1. The molecule has 4 rings (SSSR count). The summed E-state index contributed by atoms with van der Waals surface area (Å²) in [6.07, 6.45) is 1.23. The molecule has 2 heterocycles. The summed E-state index contributed by atoms with van der Waals surface area (Å²) >= 11 is 6.95. The minimum Gasteiger partial charge on any atom is -0.371 e. The number of nitrogens with one attached hydrogen (secondary N) is 1. The van der Waals surface area contributed by atoms with Gasteiger partial charge in [-0.05, 0) is 62.0 Å². The molecule has 2 fully saturated rings. The molecule has 2 unspecified atom stereocenters. The van der Waals surface area contributed by atoms with Crippen molar-refractivity contribution >= 4 is 40.1 Å². The third-order valence-corrected chi connectivity index (χ3v) is 8.37. The highest BCUT2D eigenvalue weighted by Gasteiger charge is 2.43. The van der Waals surface area contributed by atoms with Crippen molar-refractivity contribution in [3.63, 3.8) is 0 Å². The normalized spacial score (nSPS) is 21.9. The molecule has 0 radical (unpaired) electrons. The molecule has 40 heavy (non-hydrogen) atoms. The lowest BCUT2D eigenvalue weighted by atomic mass is 9.92. The first-order valence-corrected chi connectivity index (χ1v) is 14.7. The van der Waals surface area contributed by atoms with Crippen molar-refractivity contribution in [2.24, 2.45) is 16.8 Å². The Bertz CT molecular complexity index is 1230. The van der Waals surface area contributed by atoms with Crippen LogP contribution in [-0.4, -0.2) is 47.3 Å². The fraction of sp³-hybridized carbons (Fsp3) is 0.519. The molecule has 1 aliphatic heterocycles. The minimum absolute atomic E-state index is 0.0588. The van der Waals surface area contributed by atoms with Crippen molar-refractivity contribution in [1.82, 2.24) is 10.3 Å². The molecule has 218 valence electrons. The number of pyridine rings is 1. The van der Waals surface area contributed by atoms with E-state index in [1.807, 2.05) is 4.90 Å². The van der Waals surface area contributed by atoms with Crippen LogP contribution in [0, 0.1) is 29.3 Å². The maximum absolute atomic E-state index is 14.6. The van der Waals surface area contributed by atoms with Crippen LogP contribution in [-0.2, 0) is 11.0 Å². The van der Waals surface area contributed by atoms with Crippen molar-refractivity contribution in [2.75, 3.05) is 30.1 Å².